The molecule has 7 heterocycles. The number of nitrogens with one attached hydrogen (secondary N) is 1. The molecule has 0 saturated carbocycles. The molecular formula is C29H26N6O15S. The van der Waals surface area contributed by atoms with E-state index in [0.717, 1.165) is 11.3 Å². The fourth-order valence-electron chi connectivity index (χ4n) is 6.81. The van der Waals surface area contributed by atoms with E-state index in [9.17, 15) is 53.7 Å². The highest BCUT2D eigenvalue weighted by atomic mass is 32.1. The van der Waals surface area contributed by atoms with Crippen molar-refractivity contribution in [3.8, 4) is 5.75 Å². The topological polar surface area (TPSA) is 308 Å². The van der Waals surface area contributed by atoms with E-state index in [1.54, 1.807) is 0 Å². The summed E-state index contributed by atoms with van der Waals surface area (Å²) in [5, 5.41) is 35.6. The van der Waals surface area contributed by atoms with Gasteiger partial charge in [-0.1, -0.05) is 5.16 Å². The molecule has 0 radical (unpaired) electrons. The van der Waals surface area contributed by atoms with Crippen LogP contribution in [0.2, 0.25) is 0 Å². The number of rotatable bonds is 10. The van der Waals surface area contributed by atoms with Crippen LogP contribution in [0.1, 0.15) is 65.1 Å². The number of imide groups is 1. The average molecular weight is 731 g/mol. The molecule has 5 aliphatic heterocycles. The van der Waals surface area contributed by atoms with Crippen molar-refractivity contribution in [2.75, 3.05) is 12.3 Å². The molecule has 0 spiro atoms. The number of ketones is 1. The van der Waals surface area contributed by atoms with Crippen molar-refractivity contribution in [2.24, 2.45) is 11.1 Å². The number of hydrogen-bond acceptors (Lipinski definition) is 17. The van der Waals surface area contributed by atoms with Gasteiger partial charge < -0.3 is 40.3 Å². The Balaban J connectivity index is 1.11. The van der Waals surface area contributed by atoms with Gasteiger partial charge in [-0.25, -0.2) is 19.4 Å². The van der Waals surface area contributed by atoms with E-state index in [2.05, 4.69) is 10.1 Å². The van der Waals surface area contributed by atoms with Gasteiger partial charge in [0.1, 0.15) is 17.4 Å². The lowest BCUT2D eigenvalue weighted by atomic mass is 9.90. The minimum absolute atomic E-state index is 0.0367. The number of carboxylic acids is 2. The Labute approximate surface area is 287 Å². The molecule has 2 bridgehead atoms. The third-order valence-corrected chi connectivity index (χ3v) is 9.99. The number of carbonyl (C=O) groups is 7. The molecule has 3 unspecified atom stereocenters. The third-order valence-electron chi connectivity index (χ3n) is 9.32. The lowest BCUT2D eigenvalue weighted by Crippen LogP contribution is -2.56. The van der Waals surface area contributed by atoms with Crippen molar-refractivity contribution in [1.82, 2.24) is 19.9 Å². The van der Waals surface area contributed by atoms with Crippen LogP contribution in [0.5, 0.6) is 5.75 Å². The molecule has 5 aliphatic rings. The number of nitrogen functional groups attached to an aromatic ring is 1. The number of H-pyrrole nitrogens is 1. The predicted molar refractivity (Wildman–Crippen MR) is 162 cm³/mol. The van der Waals surface area contributed by atoms with E-state index in [0.29, 0.717) is 23.8 Å². The number of aromatic hydroxyl groups is 1. The van der Waals surface area contributed by atoms with Gasteiger partial charge in [0.05, 0.1) is 36.7 Å². The molecule has 21 nitrogen and oxygen atoms in total. The Kier molecular flexibility index (Phi) is 7.91. The summed E-state index contributed by atoms with van der Waals surface area (Å²) in [6.45, 7) is -0.595. The van der Waals surface area contributed by atoms with Gasteiger partial charge in [-0.2, -0.15) is 5.06 Å². The van der Waals surface area contributed by atoms with Crippen LogP contribution in [0.25, 0.3) is 0 Å². The highest BCUT2D eigenvalue weighted by Crippen LogP contribution is 2.42. The number of esters is 1. The van der Waals surface area contributed by atoms with Crippen molar-refractivity contribution in [2.45, 2.75) is 68.1 Å². The van der Waals surface area contributed by atoms with Gasteiger partial charge in [0.15, 0.2) is 22.4 Å². The summed E-state index contributed by atoms with van der Waals surface area (Å²) >= 11 is 0.946. The zero-order valence-electron chi connectivity index (χ0n) is 25.9. The van der Waals surface area contributed by atoms with E-state index < -0.39 is 112 Å². The molecule has 6 N–H and O–H groups in total. The zero-order valence-corrected chi connectivity index (χ0v) is 26.7. The van der Waals surface area contributed by atoms with Crippen molar-refractivity contribution in [3.05, 3.63) is 38.8 Å². The van der Waals surface area contributed by atoms with Gasteiger partial charge in [-0.15, -0.1) is 11.3 Å². The summed E-state index contributed by atoms with van der Waals surface area (Å²) in [4.78, 5) is 121. The number of fused-ring (bicyclic) bond motifs is 3. The fraction of sp³-hybridized carbons (Fsp3) is 0.448. The Morgan fingerprint density at radius 3 is 2.41 bits per heavy atom. The van der Waals surface area contributed by atoms with Crippen LogP contribution >= 0.6 is 11.3 Å². The Bertz CT molecular complexity index is 2010. The first-order chi connectivity index (χ1) is 24.1. The number of oxime groups is 1. The first-order valence-corrected chi connectivity index (χ1v) is 16.2. The molecule has 51 heavy (non-hydrogen) atoms. The van der Waals surface area contributed by atoms with Crippen LogP contribution in [0.3, 0.4) is 0 Å². The standard InChI is InChI=1S/C29H26N6O15S/c30-27-31-14(9-51-27)19(33-50-28(25(43)44)5-11-1-2-12(6-28)48-11)16(36)3-10-8-47-35(21(10)39)29(26(45)46)7-15(24(42)49-29)34-22(40)13-4-17(37)20(38)32-18(13)23(34)41/h4,9-12,15,37H,1-3,5-8H2,(H2,30,31)(H,32,38)(H,43,44)(H,45,46)/b33-19-/t10-,11?,12?,15-,28?,29?/m0/s1. The maximum absolute atomic E-state index is 13.7. The van der Waals surface area contributed by atoms with E-state index in [1.165, 1.54) is 5.38 Å². The first kappa shape index (κ1) is 33.7. The van der Waals surface area contributed by atoms with Crippen LogP contribution in [-0.4, -0.2) is 119 Å². The van der Waals surface area contributed by atoms with E-state index in [1.807, 2.05) is 4.98 Å². The number of aromatic nitrogens is 2. The predicted octanol–water partition coefficient (Wildman–Crippen LogP) is -1.25. The van der Waals surface area contributed by atoms with Gasteiger partial charge in [0.2, 0.25) is 5.60 Å². The number of thiazole rings is 1. The van der Waals surface area contributed by atoms with E-state index in [-0.39, 0.29) is 40.9 Å². The summed E-state index contributed by atoms with van der Waals surface area (Å²) in [5.41, 5.74) is -1.63. The molecule has 3 amide bonds. The molecule has 268 valence electrons. The summed E-state index contributed by atoms with van der Waals surface area (Å²) in [7, 11) is 0. The average Bonchev–Trinajstić information content (AvgIpc) is 3.88. The van der Waals surface area contributed by atoms with Crippen LogP contribution in [0, 0.1) is 5.92 Å². The van der Waals surface area contributed by atoms with Gasteiger partial charge in [0.25, 0.3) is 23.3 Å². The van der Waals surface area contributed by atoms with E-state index >= 15 is 0 Å². The minimum atomic E-state index is -2.90. The molecule has 4 fully saturated rings. The van der Waals surface area contributed by atoms with Crippen LogP contribution in [0.4, 0.5) is 5.13 Å². The lowest BCUT2D eigenvalue weighted by Gasteiger charge is -2.34. The van der Waals surface area contributed by atoms with Crippen molar-refractivity contribution in [1.29, 1.82) is 0 Å². The van der Waals surface area contributed by atoms with Crippen LogP contribution in [0.15, 0.2) is 21.4 Å². The number of anilines is 1. The number of Topliss-reactive ketones (excluding diaryl/α,β-unsaturated/α-hetero) is 1. The van der Waals surface area contributed by atoms with Crippen molar-refractivity contribution < 1.29 is 68.0 Å². The molecule has 4 saturated heterocycles. The molecule has 7 rings (SSSR count). The number of cyclic esters (lactones) is 1. The quantitative estimate of drug-likeness (QED) is 0.0825. The second kappa shape index (κ2) is 11.9. The van der Waals surface area contributed by atoms with Gasteiger partial charge >= 0.3 is 23.6 Å². The SMILES string of the molecule is Nc1nc(/C(=N/OC2(C(=O)O)CC3CCC(C2)O3)C(=O)C[C@H]2CON(C3(C(=O)O)C[C@H](N4C(=O)c5cc(O)c(=O)[nH]c5C4=O)C(=O)O3)C2=O)cs1. The second-order valence-corrected chi connectivity index (χ2v) is 13.4. The molecule has 2 aromatic heterocycles. The largest absolute Gasteiger partial charge is 0.503 e. The van der Waals surface area contributed by atoms with Crippen LogP contribution < -0.4 is 11.3 Å². The highest BCUT2D eigenvalue weighted by Gasteiger charge is 2.65. The number of nitrogens with zero attached hydrogens (tertiary/aromatic N) is 4. The number of aliphatic carboxylic acids is 2. The van der Waals surface area contributed by atoms with Crippen molar-refractivity contribution in [3.63, 3.8) is 0 Å². The Morgan fingerprint density at radius 1 is 1.08 bits per heavy atom. The number of amides is 3. The van der Waals surface area contributed by atoms with E-state index in [4.69, 9.17) is 24.9 Å². The molecule has 0 aliphatic carbocycles. The zero-order chi connectivity index (χ0) is 36.6. The molecule has 0 aromatic carbocycles. The summed E-state index contributed by atoms with van der Waals surface area (Å²) in [6, 6.07) is -1.20. The van der Waals surface area contributed by atoms with Crippen LogP contribution in [-0.2, 0) is 43.1 Å². The smallest absolute Gasteiger partial charge is 0.372 e. The number of nitrogens with two attached hydrogens (primary N) is 1. The normalized spacial score (nSPS) is 30.2. The summed E-state index contributed by atoms with van der Waals surface area (Å²) < 4.78 is 10.9. The molecular weight excluding hydrogens is 704 g/mol. The number of hydroxylamine groups is 2. The maximum Gasteiger partial charge on any atom is 0.372 e. The third kappa shape index (κ3) is 5.38. The van der Waals surface area contributed by atoms with Gasteiger partial charge in [-0.05, 0) is 12.8 Å². The number of pyridine rings is 1. The lowest BCUT2D eigenvalue weighted by molar-refractivity contribution is -0.256. The highest BCUT2D eigenvalue weighted by molar-refractivity contribution is 7.13. The number of aromatic amines is 1. The van der Waals surface area contributed by atoms with Crippen molar-refractivity contribution >= 4 is 63.6 Å². The van der Waals surface area contributed by atoms with Gasteiger partial charge in [0, 0.05) is 30.7 Å². The Hall–Kier alpha value is -5.74. The second-order valence-electron chi connectivity index (χ2n) is 12.5. The van der Waals surface area contributed by atoms with Gasteiger partial charge in [-0.3, -0.25) is 33.7 Å². The molecule has 2 aromatic rings. The molecule has 22 heteroatoms. The maximum atomic E-state index is 13.7. The monoisotopic (exact) mass is 730 g/mol. The Morgan fingerprint density at radius 2 is 1.78 bits per heavy atom. The fourth-order valence-corrected chi connectivity index (χ4v) is 7.36. The number of ether oxygens (including phenoxy) is 2. The minimum Gasteiger partial charge on any atom is -0.503 e. The first-order valence-electron chi connectivity index (χ1n) is 15.3. The number of carbonyl (C=O) groups excluding carboxylic acids is 5. The number of hydrogen-bond donors (Lipinski definition) is 5. The summed E-state index contributed by atoms with van der Waals surface area (Å²) in [6.07, 6.45) is -1.29. The molecule has 5 atom stereocenters. The summed E-state index contributed by atoms with van der Waals surface area (Å²) in [5.74, 6) is -11.3. The number of carboxylic acid groups (broad SMARTS) is 2.